The Morgan fingerprint density at radius 2 is 1.79 bits per heavy atom. The maximum atomic E-state index is 4.34. The molecule has 0 aliphatic carbocycles. The summed E-state index contributed by atoms with van der Waals surface area (Å²) in [7, 11) is 0. The Balaban J connectivity index is 2.24. The van der Waals surface area contributed by atoms with Crippen LogP contribution in [0, 0.1) is 6.92 Å². The van der Waals surface area contributed by atoms with Crippen molar-refractivity contribution in [1.82, 2.24) is 4.98 Å². The molecule has 2 aromatic rings. The van der Waals surface area contributed by atoms with Crippen molar-refractivity contribution in [3.05, 3.63) is 54.2 Å². The summed E-state index contributed by atoms with van der Waals surface area (Å²) >= 11 is 0.340. The number of rotatable bonds is 2. The van der Waals surface area contributed by atoms with E-state index in [1.165, 1.54) is 14.6 Å². The first kappa shape index (κ1) is 9.44. The molecule has 1 heterocycles. The Hall–Kier alpha value is -1.11. The van der Waals surface area contributed by atoms with E-state index >= 15 is 0 Å². The van der Waals surface area contributed by atoms with E-state index in [2.05, 4.69) is 42.2 Å². The molecule has 0 N–H and O–H groups in total. The molecule has 2 rings (SSSR count). The number of aryl methyl sites for hydroxylation is 1. The van der Waals surface area contributed by atoms with Crippen molar-refractivity contribution in [3.63, 3.8) is 0 Å². The minimum atomic E-state index is 0.340. The fraction of sp³-hybridized carbons (Fsp3) is 0.0833. The number of benzene rings is 1. The van der Waals surface area contributed by atoms with Crippen LogP contribution in [0.5, 0.6) is 0 Å². The quantitative estimate of drug-likeness (QED) is 0.724. The van der Waals surface area contributed by atoms with Gasteiger partial charge in [0.15, 0.2) is 0 Å². The summed E-state index contributed by atoms with van der Waals surface area (Å²) in [5, 5.41) is 0. The van der Waals surface area contributed by atoms with Crippen LogP contribution in [-0.4, -0.2) is 19.9 Å². The van der Waals surface area contributed by atoms with Crippen LogP contribution in [-0.2, 0) is 0 Å². The molecule has 0 saturated heterocycles. The van der Waals surface area contributed by atoms with E-state index in [0.29, 0.717) is 15.0 Å². The molecule has 1 nitrogen and oxygen atoms in total. The van der Waals surface area contributed by atoms with E-state index in [0.717, 1.165) is 0 Å². The summed E-state index contributed by atoms with van der Waals surface area (Å²) in [6.07, 6.45) is 1.86. The second kappa shape index (κ2) is 4.41. The second-order valence-corrected chi connectivity index (χ2v) is 5.26. The Labute approximate surface area is 90.4 Å². The molecule has 0 spiro atoms. The van der Waals surface area contributed by atoms with Crippen LogP contribution in [0.3, 0.4) is 0 Å². The summed E-state index contributed by atoms with van der Waals surface area (Å²) in [4.78, 5) is 4.34. The van der Waals surface area contributed by atoms with Gasteiger partial charge in [-0.2, -0.15) is 0 Å². The monoisotopic (exact) mass is 249 g/mol. The second-order valence-electron chi connectivity index (χ2n) is 3.04. The molecule has 0 bridgehead atoms. The molecular weight excluding hydrogens is 237 g/mol. The van der Waals surface area contributed by atoms with Gasteiger partial charge in [0.25, 0.3) is 0 Å². The molecule has 0 amide bonds. The number of pyridine rings is 1. The van der Waals surface area contributed by atoms with Gasteiger partial charge in [-0.05, 0) is 0 Å². The van der Waals surface area contributed by atoms with Crippen LogP contribution in [0.4, 0.5) is 0 Å². The van der Waals surface area contributed by atoms with E-state index in [9.17, 15) is 0 Å². The van der Waals surface area contributed by atoms with Crippen molar-refractivity contribution in [1.29, 1.82) is 0 Å². The van der Waals surface area contributed by atoms with Crippen LogP contribution >= 0.6 is 0 Å². The number of hydrogen-bond acceptors (Lipinski definition) is 1. The molecule has 2 heteroatoms. The predicted octanol–water partition coefficient (Wildman–Crippen LogP) is 1.05. The van der Waals surface area contributed by atoms with Crippen molar-refractivity contribution >= 4 is 24.0 Å². The Morgan fingerprint density at radius 3 is 2.50 bits per heavy atom. The van der Waals surface area contributed by atoms with Crippen LogP contribution in [0.25, 0.3) is 0 Å². The molecular formula is C12H11NSe. The molecule has 14 heavy (non-hydrogen) atoms. The fourth-order valence-corrected chi connectivity index (χ4v) is 3.00. The molecule has 0 fully saturated rings. The van der Waals surface area contributed by atoms with E-state index < -0.39 is 0 Å². The van der Waals surface area contributed by atoms with Gasteiger partial charge in [-0.25, -0.2) is 0 Å². The summed E-state index contributed by atoms with van der Waals surface area (Å²) in [6, 6.07) is 14.6. The molecule has 0 aliphatic heterocycles. The van der Waals surface area contributed by atoms with Gasteiger partial charge in [0.1, 0.15) is 0 Å². The topological polar surface area (TPSA) is 12.9 Å². The molecule has 0 unspecified atom stereocenters. The average Bonchev–Trinajstić information content (AvgIpc) is 2.23. The van der Waals surface area contributed by atoms with E-state index in [1.807, 2.05) is 18.3 Å². The van der Waals surface area contributed by atoms with E-state index in [4.69, 9.17) is 0 Å². The van der Waals surface area contributed by atoms with Crippen molar-refractivity contribution in [2.45, 2.75) is 6.92 Å². The van der Waals surface area contributed by atoms with Crippen molar-refractivity contribution in [2.75, 3.05) is 0 Å². The first-order chi connectivity index (χ1) is 6.86. The molecule has 1 aromatic carbocycles. The Bertz CT molecular complexity index is 412. The van der Waals surface area contributed by atoms with Crippen LogP contribution in [0.1, 0.15) is 5.56 Å². The molecule has 0 aliphatic rings. The Kier molecular flexibility index (Phi) is 2.97. The SMILES string of the molecule is Cc1ccccc1[Se]c1ccccn1. The standard InChI is InChI=1S/C12H11NSe/c1-10-6-2-3-7-11(10)14-12-8-4-5-9-13-12/h2-9H,1H3. The molecule has 1 aromatic heterocycles. The van der Waals surface area contributed by atoms with Crippen LogP contribution < -0.4 is 9.05 Å². The van der Waals surface area contributed by atoms with Crippen LogP contribution in [0.2, 0.25) is 0 Å². The maximum absolute atomic E-state index is 4.34. The number of aromatic nitrogens is 1. The van der Waals surface area contributed by atoms with Gasteiger partial charge in [0, 0.05) is 0 Å². The summed E-state index contributed by atoms with van der Waals surface area (Å²) in [5.41, 5.74) is 1.36. The average molecular weight is 248 g/mol. The first-order valence-corrected chi connectivity index (χ1v) is 6.22. The van der Waals surface area contributed by atoms with Crippen molar-refractivity contribution in [2.24, 2.45) is 0 Å². The van der Waals surface area contributed by atoms with E-state index in [-0.39, 0.29) is 0 Å². The minimum absolute atomic E-state index is 0.340. The summed E-state index contributed by atoms with van der Waals surface area (Å²) in [6.45, 7) is 2.15. The van der Waals surface area contributed by atoms with Gasteiger partial charge < -0.3 is 0 Å². The third kappa shape index (κ3) is 2.22. The zero-order valence-corrected chi connectivity index (χ0v) is 9.69. The molecule has 0 atom stereocenters. The predicted molar refractivity (Wildman–Crippen MR) is 60.4 cm³/mol. The van der Waals surface area contributed by atoms with Gasteiger partial charge >= 0.3 is 90.1 Å². The molecule has 0 radical (unpaired) electrons. The third-order valence-corrected chi connectivity index (χ3v) is 4.31. The van der Waals surface area contributed by atoms with Gasteiger partial charge in [0.05, 0.1) is 0 Å². The molecule has 70 valence electrons. The summed E-state index contributed by atoms with van der Waals surface area (Å²) < 4.78 is 2.60. The normalized spacial score (nSPS) is 10.1. The first-order valence-electron chi connectivity index (χ1n) is 4.51. The van der Waals surface area contributed by atoms with E-state index in [1.54, 1.807) is 0 Å². The third-order valence-electron chi connectivity index (χ3n) is 1.95. The summed E-state index contributed by atoms with van der Waals surface area (Å²) in [5.74, 6) is 0. The van der Waals surface area contributed by atoms with Crippen molar-refractivity contribution < 1.29 is 0 Å². The fourth-order valence-electron chi connectivity index (χ4n) is 1.19. The number of nitrogens with zero attached hydrogens (tertiary/aromatic N) is 1. The number of hydrogen-bond donors (Lipinski definition) is 0. The van der Waals surface area contributed by atoms with Crippen LogP contribution in [0.15, 0.2) is 48.7 Å². The van der Waals surface area contributed by atoms with Gasteiger partial charge in [-0.3, -0.25) is 0 Å². The van der Waals surface area contributed by atoms with Gasteiger partial charge in [-0.1, -0.05) is 0 Å². The zero-order chi connectivity index (χ0) is 9.80. The van der Waals surface area contributed by atoms with Crippen molar-refractivity contribution in [3.8, 4) is 0 Å². The molecule has 0 saturated carbocycles. The van der Waals surface area contributed by atoms with Gasteiger partial charge in [0.2, 0.25) is 0 Å². The van der Waals surface area contributed by atoms with Gasteiger partial charge in [-0.15, -0.1) is 0 Å². The Morgan fingerprint density at radius 1 is 1.00 bits per heavy atom. The zero-order valence-electron chi connectivity index (χ0n) is 7.97.